The molecule has 0 saturated heterocycles. The Hall–Kier alpha value is -3.03. The minimum atomic E-state index is -0.630. The standard InChI is InChI=1S/C27H30ClNO6/c1-5-11-34-20-9-8-17(14-22(20)33-6-2)24-23-25(30)18-15-19(28)16(3)13-21(18)35-26(23)27(31)29(24)10-7-12-32-4/h8-9,13-15,24H,5-7,10-12H2,1-4H3. The van der Waals surface area contributed by atoms with Crippen LogP contribution in [-0.4, -0.2) is 44.3 Å². The van der Waals surface area contributed by atoms with Crippen LogP contribution >= 0.6 is 11.6 Å². The van der Waals surface area contributed by atoms with Gasteiger partial charge in [0, 0.05) is 25.3 Å². The van der Waals surface area contributed by atoms with E-state index < -0.39 is 6.04 Å². The van der Waals surface area contributed by atoms with Crippen LogP contribution in [0, 0.1) is 6.92 Å². The van der Waals surface area contributed by atoms with E-state index in [9.17, 15) is 9.59 Å². The third-order valence-corrected chi connectivity index (χ3v) is 6.45. The minimum Gasteiger partial charge on any atom is -0.490 e. The summed E-state index contributed by atoms with van der Waals surface area (Å²) >= 11 is 6.32. The lowest BCUT2D eigenvalue weighted by Crippen LogP contribution is -2.31. The molecule has 1 aliphatic heterocycles. The SMILES string of the molecule is CCCOc1ccc(C2c3c(oc4cc(C)c(Cl)cc4c3=O)C(=O)N2CCCOC)cc1OCC. The summed E-state index contributed by atoms with van der Waals surface area (Å²) in [5.41, 5.74) is 1.90. The Morgan fingerprint density at radius 1 is 1.06 bits per heavy atom. The second kappa shape index (κ2) is 10.7. The van der Waals surface area contributed by atoms with E-state index in [2.05, 4.69) is 0 Å². The molecule has 1 aromatic heterocycles. The van der Waals surface area contributed by atoms with Gasteiger partial charge in [0.05, 0.1) is 30.2 Å². The molecular weight excluding hydrogens is 470 g/mol. The molecule has 1 aliphatic rings. The van der Waals surface area contributed by atoms with Crippen molar-refractivity contribution in [2.75, 3.05) is 33.5 Å². The number of benzene rings is 2. The van der Waals surface area contributed by atoms with Crippen molar-refractivity contribution in [1.82, 2.24) is 4.90 Å². The Bertz CT molecular complexity index is 1300. The fourth-order valence-corrected chi connectivity index (χ4v) is 4.56. The fourth-order valence-electron chi connectivity index (χ4n) is 4.39. The van der Waals surface area contributed by atoms with E-state index in [0.29, 0.717) is 65.8 Å². The predicted molar refractivity (Wildman–Crippen MR) is 135 cm³/mol. The van der Waals surface area contributed by atoms with Crippen LogP contribution in [0.3, 0.4) is 0 Å². The van der Waals surface area contributed by atoms with Crippen molar-refractivity contribution in [2.24, 2.45) is 0 Å². The number of ether oxygens (including phenoxy) is 3. The summed E-state index contributed by atoms with van der Waals surface area (Å²) in [6.07, 6.45) is 1.47. The number of aryl methyl sites for hydroxylation is 1. The highest BCUT2D eigenvalue weighted by molar-refractivity contribution is 6.32. The van der Waals surface area contributed by atoms with Crippen molar-refractivity contribution >= 4 is 28.5 Å². The van der Waals surface area contributed by atoms with Crippen LogP contribution < -0.4 is 14.9 Å². The highest BCUT2D eigenvalue weighted by Crippen LogP contribution is 2.41. The third-order valence-electron chi connectivity index (χ3n) is 6.04. The molecule has 1 atom stereocenters. The van der Waals surface area contributed by atoms with E-state index in [4.69, 9.17) is 30.2 Å². The van der Waals surface area contributed by atoms with Gasteiger partial charge < -0.3 is 23.5 Å². The van der Waals surface area contributed by atoms with Gasteiger partial charge in [-0.25, -0.2) is 0 Å². The Balaban J connectivity index is 1.89. The molecule has 3 aromatic rings. The Morgan fingerprint density at radius 2 is 1.86 bits per heavy atom. The molecule has 0 bridgehead atoms. The maximum Gasteiger partial charge on any atom is 0.290 e. The Morgan fingerprint density at radius 3 is 2.57 bits per heavy atom. The molecule has 0 radical (unpaired) electrons. The van der Waals surface area contributed by atoms with Crippen molar-refractivity contribution in [3.8, 4) is 11.5 Å². The average Bonchev–Trinajstić information content (AvgIpc) is 3.12. The van der Waals surface area contributed by atoms with Gasteiger partial charge in [-0.2, -0.15) is 0 Å². The zero-order chi connectivity index (χ0) is 25.1. The largest absolute Gasteiger partial charge is 0.490 e. The third kappa shape index (κ3) is 4.75. The van der Waals surface area contributed by atoms with E-state index in [0.717, 1.165) is 17.5 Å². The van der Waals surface area contributed by atoms with Crippen LogP contribution in [-0.2, 0) is 4.74 Å². The smallest absolute Gasteiger partial charge is 0.290 e. The number of hydrogen-bond acceptors (Lipinski definition) is 6. The molecule has 1 unspecified atom stereocenters. The highest BCUT2D eigenvalue weighted by atomic mass is 35.5. The van der Waals surface area contributed by atoms with Gasteiger partial charge >= 0.3 is 0 Å². The number of amides is 1. The highest BCUT2D eigenvalue weighted by Gasteiger charge is 2.42. The lowest BCUT2D eigenvalue weighted by atomic mass is 9.97. The first kappa shape index (κ1) is 25.1. The van der Waals surface area contributed by atoms with Crippen molar-refractivity contribution in [2.45, 2.75) is 39.7 Å². The number of methoxy groups -OCH3 is 1. The van der Waals surface area contributed by atoms with Gasteiger partial charge in [-0.3, -0.25) is 9.59 Å². The predicted octanol–water partition coefficient (Wildman–Crippen LogP) is 5.52. The number of halogens is 1. The van der Waals surface area contributed by atoms with Crippen LogP contribution in [0.1, 0.15) is 60.0 Å². The summed E-state index contributed by atoms with van der Waals surface area (Å²) in [6, 6.07) is 8.22. The van der Waals surface area contributed by atoms with Crippen molar-refractivity contribution in [1.29, 1.82) is 0 Å². The molecule has 0 aliphatic carbocycles. The number of nitrogens with zero attached hydrogens (tertiary/aromatic N) is 1. The van der Waals surface area contributed by atoms with E-state index in [-0.39, 0.29) is 17.1 Å². The summed E-state index contributed by atoms with van der Waals surface area (Å²) in [4.78, 5) is 28.9. The normalized spacial score (nSPS) is 15.1. The van der Waals surface area contributed by atoms with Gasteiger partial charge in [-0.1, -0.05) is 24.6 Å². The Kier molecular flexibility index (Phi) is 7.67. The molecule has 7 nitrogen and oxygen atoms in total. The molecule has 8 heteroatoms. The summed E-state index contributed by atoms with van der Waals surface area (Å²) in [5.74, 6) is 0.939. The first-order valence-corrected chi connectivity index (χ1v) is 12.2. The van der Waals surface area contributed by atoms with Gasteiger partial charge in [0.15, 0.2) is 16.9 Å². The van der Waals surface area contributed by atoms with Gasteiger partial charge in [-0.05, 0) is 62.1 Å². The van der Waals surface area contributed by atoms with Crippen LogP contribution in [0.25, 0.3) is 11.0 Å². The van der Waals surface area contributed by atoms with Gasteiger partial charge in [0.25, 0.3) is 5.91 Å². The topological polar surface area (TPSA) is 78.2 Å². The molecule has 35 heavy (non-hydrogen) atoms. The number of rotatable bonds is 10. The fraction of sp³-hybridized carbons (Fsp3) is 0.407. The minimum absolute atomic E-state index is 0.0657. The summed E-state index contributed by atoms with van der Waals surface area (Å²) in [5, 5.41) is 0.822. The molecule has 0 N–H and O–H groups in total. The van der Waals surface area contributed by atoms with Crippen LogP contribution in [0.15, 0.2) is 39.5 Å². The molecule has 0 fully saturated rings. The van der Waals surface area contributed by atoms with E-state index in [1.165, 1.54) is 0 Å². The maximum absolute atomic E-state index is 13.7. The molecule has 186 valence electrons. The van der Waals surface area contributed by atoms with Gasteiger partial charge in [0.1, 0.15) is 5.58 Å². The van der Waals surface area contributed by atoms with Crippen LogP contribution in [0.4, 0.5) is 0 Å². The number of carbonyl (C=O) groups is 1. The van der Waals surface area contributed by atoms with E-state index in [1.807, 2.05) is 39.0 Å². The maximum atomic E-state index is 13.7. The summed E-state index contributed by atoms with van der Waals surface area (Å²) in [7, 11) is 1.62. The van der Waals surface area contributed by atoms with E-state index >= 15 is 0 Å². The zero-order valence-corrected chi connectivity index (χ0v) is 21.2. The zero-order valence-electron chi connectivity index (χ0n) is 20.5. The first-order valence-electron chi connectivity index (χ1n) is 11.9. The lowest BCUT2D eigenvalue weighted by molar-refractivity contribution is 0.0707. The first-order chi connectivity index (χ1) is 16.9. The molecular formula is C27H30ClNO6. The lowest BCUT2D eigenvalue weighted by Gasteiger charge is -2.26. The van der Waals surface area contributed by atoms with Crippen molar-refractivity contribution in [3.63, 3.8) is 0 Å². The molecule has 0 saturated carbocycles. The summed E-state index contributed by atoms with van der Waals surface area (Å²) in [6.45, 7) is 7.65. The molecule has 2 aromatic carbocycles. The quantitative estimate of drug-likeness (QED) is 0.341. The van der Waals surface area contributed by atoms with Crippen LogP contribution in [0.2, 0.25) is 5.02 Å². The average molecular weight is 500 g/mol. The van der Waals surface area contributed by atoms with Crippen molar-refractivity contribution < 1.29 is 23.4 Å². The molecule has 2 heterocycles. The molecule has 4 rings (SSSR count). The number of carbonyl (C=O) groups excluding carboxylic acids is 1. The number of fused-ring (bicyclic) bond motifs is 2. The van der Waals surface area contributed by atoms with Crippen LogP contribution in [0.5, 0.6) is 11.5 Å². The molecule has 1 amide bonds. The molecule has 0 spiro atoms. The number of hydrogen-bond donors (Lipinski definition) is 0. The monoisotopic (exact) mass is 499 g/mol. The summed E-state index contributed by atoms with van der Waals surface area (Å²) < 4.78 is 22.9. The van der Waals surface area contributed by atoms with Gasteiger partial charge in [0.2, 0.25) is 5.76 Å². The van der Waals surface area contributed by atoms with E-state index in [1.54, 1.807) is 24.1 Å². The van der Waals surface area contributed by atoms with Crippen molar-refractivity contribution in [3.05, 3.63) is 68.0 Å². The van der Waals surface area contributed by atoms with Gasteiger partial charge in [-0.15, -0.1) is 0 Å². The second-order valence-electron chi connectivity index (χ2n) is 8.51. The Labute approximate surface area is 209 Å². The second-order valence-corrected chi connectivity index (χ2v) is 8.91.